The highest BCUT2D eigenvalue weighted by atomic mass is 16.5. The van der Waals surface area contributed by atoms with Crippen molar-refractivity contribution in [3.63, 3.8) is 0 Å². The van der Waals surface area contributed by atoms with Gasteiger partial charge in [0.05, 0.1) is 18.2 Å². The summed E-state index contributed by atoms with van der Waals surface area (Å²) < 4.78 is 11.1. The molecule has 1 aliphatic heterocycles. The van der Waals surface area contributed by atoms with Gasteiger partial charge in [-0.25, -0.2) is 0 Å². The Balaban J connectivity index is 1.51. The van der Waals surface area contributed by atoms with Crippen LogP contribution in [0.2, 0.25) is 0 Å². The molecule has 2 fully saturated rings. The molecule has 1 aromatic rings. The van der Waals surface area contributed by atoms with Gasteiger partial charge < -0.3 is 19.3 Å². The van der Waals surface area contributed by atoms with Crippen molar-refractivity contribution in [1.82, 2.24) is 9.80 Å². The number of ether oxygens (including phenoxy) is 2. The molecule has 7 heteroatoms. The molecule has 0 aromatic heterocycles. The monoisotopic (exact) mass is 357 g/mol. The van der Waals surface area contributed by atoms with E-state index in [0.717, 1.165) is 12.8 Å². The lowest BCUT2D eigenvalue weighted by atomic mass is 10.2. The number of rotatable bonds is 6. The summed E-state index contributed by atoms with van der Waals surface area (Å²) in [6.07, 6.45) is 2.00. The first kappa shape index (κ1) is 18.1. The van der Waals surface area contributed by atoms with E-state index in [1.54, 1.807) is 23.1 Å². The number of nitrogens with zero attached hydrogens (tertiary/aromatic N) is 3. The Kier molecular flexibility index (Phi) is 5.61. The first-order valence-corrected chi connectivity index (χ1v) is 8.98. The highest BCUT2D eigenvalue weighted by Gasteiger charge is 2.35. The van der Waals surface area contributed by atoms with Gasteiger partial charge in [0.25, 0.3) is 5.91 Å². The van der Waals surface area contributed by atoms with Gasteiger partial charge >= 0.3 is 0 Å². The predicted octanol–water partition coefficient (Wildman–Crippen LogP) is 1.42. The molecule has 0 unspecified atom stereocenters. The van der Waals surface area contributed by atoms with Gasteiger partial charge in [0.1, 0.15) is 0 Å². The lowest BCUT2D eigenvalue weighted by Crippen LogP contribution is -2.52. The van der Waals surface area contributed by atoms with Crippen LogP contribution in [0.1, 0.15) is 25.3 Å². The van der Waals surface area contributed by atoms with E-state index in [1.165, 1.54) is 0 Å². The minimum Gasteiger partial charge on any atom is -0.490 e. The van der Waals surface area contributed by atoms with E-state index in [2.05, 4.69) is 6.07 Å². The summed E-state index contributed by atoms with van der Waals surface area (Å²) in [5.74, 6) is 1.23. The van der Waals surface area contributed by atoms with Gasteiger partial charge in [0.15, 0.2) is 18.1 Å². The average Bonchev–Trinajstić information content (AvgIpc) is 3.51. The highest BCUT2D eigenvalue weighted by Crippen LogP contribution is 2.31. The second-order valence-corrected chi connectivity index (χ2v) is 6.48. The van der Waals surface area contributed by atoms with Crippen molar-refractivity contribution in [2.24, 2.45) is 5.92 Å². The van der Waals surface area contributed by atoms with E-state index in [-0.39, 0.29) is 24.3 Å². The Morgan fingerprint density at radius 2 is 1.81 bits per heavy atom. The Hall–Kier alpha value is -2.75. The Bertz CT molecular complexity index is 716. The van der Waals surface area contributed by atoms with E-state index in [0.29, 0.717) is 49.8 Å². The van der Waals surface area contributed by atoms with E-state index in [4.69, 9.17) is 14.7 Å². The Morgan fingerprint density at radius 1 is 1.12 bits per heavy atom. The van der Waals surface area contributed by atoms with E-state index >= 15 is 0 Å². The van der Waals surface area contributed by atoms with Crippen LogP contribution in [-0.2, 0) is 9.59 Å². The molecule has 2 amide bonds. The van der Waals surface area contributed by atoms with Gasteiger partial charge in [0, 0.05) is 38.2 Å². The molecule has 1 aliphatic carbocycles. The predicted molar refractivity (Wildman–Crippen MR) is 93.7 cm³/mol. The standard InChI is InChI=1S/C19H23N3O4/c1-2-25-17-11-14(12-20)3-6-16(17)26-13-18(23)21-7-9-22(10-8-21)19(24)15-4-5-15/h3,6,11,15H,2,4-5,7-10,13H2,1H3. The van der Waals surface area contributed by atoms with Crippen LogP contribution < -0.4 is 9.47 Å². The number of piperazine rings is 1. The van der Waals surface area contributed by atoms with Crippen LogP contribution in [0.15, 0.2) is 18.2 Å². The molecule has 0 N–H and O–H groups in total. The maximum absolute atomic E-state index is 12.4. The zero-order valence-corrected chi connectivity index (χ0v) is 14.9. The molecule has 1 saturated heterocycles. The topological polar surface area (TPSA) is 82.9 Å². The molecule has 0 bridgehead atoms. The number of hydrogen-bond donors (Lipinski definition) is 0. The fraction of sp³-hybridized carbons (Fsp3) is 0.526. The molecule has 0 spiro atoms. The van der Waals surface area contributed by atoms with E-state index in [1.807, 2.05) is 11.8 Å². The Labute approximate surface area is 153 Å². The molecule has 138 valence electrons. The van der Waals surface area contributed by atoms with Gasteiger partial charge in [-0.15, -0.1) is 0 Å². The third-order valence-electron chi connectivity index (χ3n) is 4.59. The highest BCUT2D eigenvalue weighted by molar-refractivity contribution is 5.82. The fourth-order valence-corrected chi connectivity index (χ4v) is 2.96. The molecule has 7 nitrogen and oxygen atoms in total. The maximum atomic E-state index is 12.4. The molecule has 1 saturated carbocycles. The average molecular weight is 357 g/mol. The summed E-state index contributed by atoms with van der Waals surface area (Å²) in [5.41, 5.74) is 0.476. The van der Waals surface area contributed by atoms with Crippen molar-refractivity contribution < 1.29 is 19.1 Å². The first-order valence-electron chi connectivity index (χ1n) is 8.98. The molecule has 0 atom stereocenters. The van der Waals surface area contributed by atoms with Crippen molar-refractivity contribution in [2.45, 2.75) is 19.8 Å². The summed E-state index contributed by atoms with van der Waals surface area (Å²) in [4.78, 5) is 28.0. The van der Waals surface area contributed by atoms with Crippen molar-refractivity contribution in [3.8, 4) is 17.6 Å². The number of amides is 2. The molecular formula is C19H23N3O4. The van der Waals surface area contributed by atoms with Crippen LogP contribution in [0.5, 0.6) is 11.5 Å². The summed E-state index contributed by atoms with van der Waals surface area (Å²) in [6, 6.07) is 6.93. The lowest BCUT2D eigenvalue weighted by Gasteiger charge is -2.34. The number of hydrogen-bond acceptors (Lipinski definition) is 5. The van der Waals surface area contributed by atoms with Gasteiger partial charge in [-0.3, -0.25) is 9.59 Å². The van der Waals surface area contributed by atoms with Crippen LogP contribution in [0.4, 0.5) is 0 Å². The van der Waals surface area contributed by atoms with E-state index in [9.17, 15) is 9.59 Å². The minimum atomic E-state index is -0.115. The molecule has 1 heterocycles. The second-order valence-electron chi connectivity index (χ2n) is 6.48. The molecule has 1 aromatic carbocycles. The third-order valence-corrected chi connectivity index (χ3v) is 4.59. The summed E-state index contributed by atoms with van der Waals surface area (Å²) in [6.45, 7) is 4.43. The molecule has 26 heavy (non-hydrogen) atoms. The van der Waals surface area contributed by atoms with Gasteiger partial charge in [0.2, 0.25) is 5.91 Å². The van der Waals surface area contributed by atoms with Crippen molar-refractivity contribution in [1.29, 1.82) is 5.26 Å². The molecule has 3 rings (SSSR count). The van der Waals surface area contributed by atoms with Gasteiger partial charge in [-0.2, -0.15) is 5.26 Å². The van der Waals surface area contributed by atoms with E-state index < -0.39 is 0 Å². The molecule has 2 aliphatic rings. The first-order chi connectivity index (χ1) is 12.6. The van der Waals surface area contributed by atoms with Gasteiger partial charge in [-0.1, -0.05) is 0 Å². The summed E-state index contributed by atoms with van der Waals surface area (Å²) in [7, 11) is 0. The minimum absolute atomic E-state index is 0.0947. The number of carbonyl (C=O) groups is 2. The fourth-order valence-electron chi connectivity index (χ4n) is 2.96. The summed E-state index contributed by atoms with van der Waals surface area (Å²) in [5, 5.41) is 8.97. The largest absolute Gasteiger partial charge is 0.490 e. The third kappa shape index (κ3) is 4.26. The second kappa shape index (κ2) is 8.09. The van der Waals surface area contributed by atoms with Crippen LogP contribution >= 0.6 is 0 Å². The van der Waals surface area contributed by atoms with Gasteiger partial charge in [-0.05, 0) is 31.9 Å². The number of nitriles is 1. The van der Waals surface area contributed by atoms with Crippen molar-refractivity contribution in [2.75, 3.05) is 39.4 Å². The normalized spacial score (nSPS) is 16.8. The van der Waals surface area contributed by atoms with Crippen LogP contribution in [0, 0.1) is 17.2 Å². The number of carbonyl (C=O) groups excluding carboxylic acids is 2. The Morgan fingerprint density at radius 3 is 2.42 bits per heavy atom. The molecule has 0 radical (unpaired) electrons. The van der Waals surface area contributed by atoms with Crippen molar-refractivity contribution in [3.05, 3.63) is 23.8 Å². The summed E-state index contributed by atoms with van der Waals surface area (Å²) >= 11 is 0. The lowest BCUT2D eigenvalue weighted by molar-refractivity contribution is -0.141. The quantitative estimate of drug-likeness (QED) is 0.769. The van der Waals surface area contributed by atoms with Crippen LogP contribution in [-0.4, -0.2) is 61.0 Å². The zero-order valence-electron chi connectivity index (χ0n) is 14.9. The number of benzene rings is 1. The van der Waals surface area contributed by atoms with Crippen LogP contribution in [0.3, 0.4) is 0 Å². The molecular weight excluding hydrogens is 334 g/mol. The van der Waals surface area contributed by atoms with Crippen LogP contribution in [0.25, 0.3) is 0 Å². The maximum Gasteiger partial charge on any atom is 0.260 e. The SMILES string of the molecule is CCOc1cc(C#N)ccc1OCC(=O)N1CCN(C(=O)C2CC2)CC1. The van der Waals surface area contributed by atoms with Crippen molar-refractivity contribution >= 4 is 11.8 Å². The smallest absolute Gasteiger partial charge is 0.260 e. The zero-order chi connectivity index (χ0) is 18.5.